The third-order valence-corrected chi connectivity index (χ3v) is 7.10. The van der Waals surface area contributed by atoms with Crippen LogP contribution in [0, 0.1) is 5.82 Å². The predicted molar refractivity (Wildman–Crippen MR) is 117 cm³/mol. The summed E-state index contributed by atoms with van der Waals surface area (Å²) in [5.74, 6) is -2.65. The van der Waals surface area contributed by atoms with Gasteiger partial charge in [0.1, 0.15) is 5.82 Å². The fourth-order valence-electron chi connectivity index (χ4n) is 3.27. The zero-order chi connectivity index (χ0) is 24.7. The average Bonchev–Trinajstić information content (AvgIpc) is 2.86. The number of ether oxygens (including phenoxy) is 1. The zero-order valence-corrected chi connectivity index (χ0v) is 18.9. The van der Waals surface area contributed by atoms with Crippen molar-refractivity contribution in [3.63, 3.8) is 0 Å². The number of hydrogen-bond donors (Lipinski definition) is 2. The first-order valence-corrected chi connectivity index (χ1v) is 11.8. The second kappa shape index (κ2) is 11.2. The molecule has 3 rings (SSSR count). The minimum Gasteiger partial charge on any atom is -0.454 e. The molecule has 1 aliphatic heterocycles. The first kappa shape index (κ1) is 25.3. The van der Waals surface area contributed by atoms with E-state index >= 15 is 0 Å². The molecule has 1 aliphatic rings. The number of carbonyl (C=O) groups is 3. The molecule has 0 saturated carbocycles. The van der Waals surface area contributed by atoms with Crippen LogP contribution in [0.15, 0.2) is 59.5 Å². The van der Waals surface area contributed by atoms with Gasteiger partial charge in [-0.2, -0.15) is 4.31 Å². The van der Waals surface area contributed by atoms with Crippen LogP contribution in [0.25, 0.3) is 0 Å². The summed E-state index contributed by atoms with van der Waals surface area (Å²) >= 11 is 0. The van der Waals surface area contributed by atoms with Gasteiger partial charge in [-0.3, -0.25) is 9.59 Å². The van der Waals surface area contributed by atoms with Crippen molar-refractivity contribution in [3.05, 3.63) is 66.0 Å². The fraction of sp³-hybridized carbons (Fsp3) is 0.318. The van der Waals surface area contributed by atoms with Gasteiger partial charge in [-0.05, 0) is 36.4 Å². The molecular formula is C22H24FN3O7S. The lowest BCUT2D eigenvalue weighted by Crippen LogP contribution is -2.52. The zero-order valence-electron chi connectivity index (χ0n) is 18.1. The number of rotatable bonds is 8. The average molecular weight is 494 g/mol. The molecule has 34 heavy (non-hydrogen) atoms. The second-order valence-corrected chi connectivity index (χ2v) is 9.36. The summed E-state index contributed by atoms with van der Waals surface area (Å²) in [4.78, 5) is 38.1. The number of aliphatic hydroxyl groups is 1. The number of nitrogens with zero attached hydrogens (tertiary/aromatic N) is 2. The van der Waals surface area contributed by atoms with Gasteiger partial charge in [0.2, 0.25) is 10.0 Å². The summed E-state index contributed by atoms with van der Waals surface area (Å²) in [5.41, 5.74) is 0.290. The van der Waals surface area contributed by atoms with Crippen molar-refractivity contribution in [2.45, 2.75) is 10.9 Å². The van der Waals surface area contributed by atoms with Crippen LogP contribution >= 0.6 is 0 Å². The van der Waals surface area contributed by atoms with Crippen molar-refractivity contribution in [3.8, 4) is 0 Å². The molecule has 0 aromatic heterocycles. The summed E-state index contributed by atoms with van der Waals surface area (Å²) < 4.78 is 44.5. The van der Waals surface area contributed by atoms with E-state index < -0.39 is 52.9 Å². The number of aliphatic hydroxyl groups excluding tert-OH is 1. The quantitative estimate of drug-likeness (QED) is 0.494. The molecule has 0 aliphatic carbocycles. The molecule has 0 bridgehead atoms. The number of hydrogen-bond acceptors (Lipinski definition) is 7. The molecule has 1 heterocycles. The Bertz CT molecular complexity index is 1120. The molecule has 12 heteroatoms. The summed E-state index contributed by atoms with van der Waals surface area (Å²) in [7, 11) is -3.83. The maximum atomic E-state index is 13.1. The van der Waals surface area contributed by atoms with Gasteiger partial charge >= 0.3 is 5.97 Å². The molecule has 2 N–H and O–H groups in total. The standard InChI is InChI=1S/C22H24FN3O7S/c23-17-6-8-18(9-7-17)34(31,32)26-12-10-25(11-13-26)20(28)15-33-22(30)19(14-27)24-21(29)16-4-2-1-3-5-16/h1-9,19,27H,10-15H2,(H,24,29). The molecule has 1 saturated heterocycles. The maximum absolute atomic E-state index is 13.1. The number of amides is 2. The largest absolute Gasteiger partial charge is 0.454 e. The topological polar surface area (TPSA) is 133 Å². The van der Waals surface area contributed by atoms with Gasteiger partial charge in [-0.25, -0.2) is 17.6 Å². The van der Waals surface area contributed by atoms with E-state index in [2.05, 4.69) is 5.32 Å². The lowest BCUT2D eigenvalue weighted by molar-refractivity contribution is -0.154. The lowest BCUT2D eigenvalue weighted by Gasteiger charge is -2.34. The molecule has 2 aromatic carbocycles. The van der Waals surface area contributed by atoms with E-state index in [1.807, 2.05) is 0 Å². The first-order valence-electron chi connectivity index (χ1n) is 10.4. The lowest BCUT2D eigenvalue weighted by atomic mass is 10.2. The smallest absolute Gasteiger partial charge is 0.331 e. The number of halogens is 1. The fourth-order valence-corrected chi connectivity index (χ4v) is 4.69. The molecule has 1 unspecified atom stereocenters. The molecule has 10 nitrogen and oxygen atoms in total. The minimum absolute atomic E-state index is 0.0196. The van der Waals surface area contributed by atoms with E-state index in [0.717, 1.165) is 12.1 Å². The molecule has 1 fully saturated rings. The Kier molecular flexibility index (Phi) is 8.31. The van der Waals surface area contributed by atoms with E-state index in [1.54, 1.807) is 18.2 Å². The molecule has 182 valence electrons. The van der Waals surface area contributed by atoms with Gasteiger partial charge in [0.15, 0.2) is 12.6 Å². The van der Waals surface area contributed by atoms with E-state index in [4.69, 9.17) is 4.74 Å². The van der Waals surface area contributed by atoms with Crippen LogP contribution < -0.4 is 5.32 Å². The minimum atomic E-state index is -3.83. The predicted octanol–water partition coefficient (Wildman–Crippen LogP) is -0.00730. The molecular weight excluding hydrogens is 469 g/mol. The van der Waals surface area contributed by atoms with E-state index in [1.165, 1.54) is 33.5 Å². The van der Waals surface area contributed by atoms with Crippen LogP contribution in [0.2, 0.25) is 0 Å². The molecule has 0 spiro atoms. The van der Waals surface area contributed by atoms with Crippen molar-refractivity contribution in [1.82, 2.24) is 14.5 Å². The van der Waals surface area contributed by atoms with E-state index in [-0.39, 0.29) is 31.1 Å². The Morgan fingerprint density at radius 1 is 1.00 bits per heavy atom. The van der Waals surface area contributed by atoms with Crippen molar-refractivity contribution >= 4 is 27.8 Å². The highest BCUT2D eigenvalue weighted by molar-refractivity contribution is 7.89. The number of carbonyl (C=O) groups excluding carboxylic acids is 3. The maximum Gasteiger partial charge on any atom is 0.331 e. The summed E-state index contributed by atoms with van der Waals surface area (Å²) in [6.45, 7) is -1.15. The van der Waals surface area contributed by atoms with Gasteiger partial charge in [0.25, 0.3) is 11.8 Å². The Labute approximate surface area is 196 Å². The molecule has 2 aromatic rings. The molecule has 0 radical (unpaired) electrons. The van der Waals surface area contributed by atoms with Crippen LogP contribution in [0.1, 0.15) is 10.4 Å². The van der Waals surface area contributed by atoms with Crippen molar-refractivity contribution in [1.29, 1.82) is 0 Å². The normalized spacial score (nSPS) is 15.4. The summed E-state index contributed by atoms with van der Waals surface area (Å²) in [6.07, 6.45) is 0. The first-order chi connectivity index (χ1) is 16.2. The van der Waals surface area contributed by atoms with Crippen molar-refractivity contribution in [2.24, 2.45) is 0 Å². The molecule has 2 amide bonds. The Balaban J connectivity index is 1.48. The van der Waals surface area contributed by atoms with E-state index in [0.29, 0.717) is 5.56 Å². The Morgan fingerprint density at radius 2 is 1.62 bits per heavy atom. The third kappa shape index (κ3) is 6.16. The van der Waals surface area contributed by atoms with Gasteiger partial charge in [-0.15, -0.1) is 0 Å². The highest BCUT2D eigenvalue weighted by Crippen LogP contribution is 2.18. The molecule has 1 atom stereocenters. The summed E-state index contributed by atoms with van der Waals surface area (Å²) in [5, 5.41) is 11.8. The van der Waals surface area contributed by atoms with Crippen molar-refractivity contribution in [2.75, 3.05) is 39.4 Å². The monoisotopic (exact) mass is 493 g/mol. The van der Waals surface area contributed by atoms with Crippen LogP contribution in [0.3, 0.4) is 0 Å². The summed E-state index contributed by atoms with van der Waals surface area (Å²) in [6, 6.07) is 11.2. The van der Waals surface area contributed by atoms with Gasteiger partial charge < -0.3 is 20.1 Å². The van der Waals surface area contributed by atoms with Crippen LogP contribution in [-0.2, 0) is 24.3 Å². The Morgan fingerprint density at radius 3 is 2.21 bits per heavy atom. The number of piperazine rings is 1. The second-order valence-electron chi connectivity index (χ2n) is 7.42. The van der Waals surface area contributed by atoms with Crippen LogP contribution in [0.5, 0.6) is 0 Å². The number of nitrogens with one attached hydrogen (secondary N) is 1. The highest BCUT2D eigenvalue weighted by atomic mass is 32.2. The van der Waals surface area contributed by atoms with Crippen molar-refractivity contribution < 1.29 is 37.0 Å². The third-order valence-electron chi connectivity index (χ3n) is 5.19. The SMILES string of the molecule is O=C(NC(CO)C(=O)OCC(=O)N1CCN(S(=O)(=O)c2ccc(F)cc2)CC1)c1ccccc1. The van der Waals surface area contributed by atoms with Gasteiger partial charge in [0, 0.05) is 31.7 Å². The highest BCUT2D eigenvalue weighted by Gasteiger charge is 2.31. The number of benzene rings is 2. The number of sulfonamides is 1. The Hall–Kier alpha value is -3.35. The number of esters is 1. The van der Waals surface area contributed by atoms with Crippen LogP contribution in [-0.4, -0.2) is 85.9 Å². The van der Waals surface area contributed by atoms with Gasteiger partial charge in [0.05, 0.1) is 11.5 Å². The van der Waals surface area contributed by atoms with Gasteiger partial charge in [-0.1, -0.05) is 18.2 Å². The van der Waals surface area contributed by atoms with Crippen LogP contribution in [0.4, 0.5) is 4.39 Å². The van der Waals surface area contributed by atoms with E-state index in [9.17, 15) is 32.3 Å².